The molecular weight excluding hydrogens is 360 g/mol. The maximum atomic E-state index is 12.7. The fourth-order valence-electron chi connectivity index (χ4n) is 2.84. The molecule has 2 aromatic carbocycles. The van der Waals surface area contributed by atoms with Crippen molar-refractivity contribution in [2.24, 2.45) is 0 Å². The van der Waals surface area contributed by atoms with Crippen molar-refractivity contribution in [2.75, 3.05) is 5.32 Å². The number of halogens is 1. The van der Waals surface area contributed by atoms with Gasteiger partial charge in [-0.2, -0.15) is 0 Å². The number of benzene rings is 2. The van der Waals surface area contributed by atoms with Crippen LogP contribution in [0.25, 0.3) is 5.65 Å². The lowest BCUT2D eigenvalue weighted by Crippen LogP contribution is -2.23. The van der Waals surface area contributed by atoms with Crippen LogP contribution < -0.4 is 10.6 Å². The largest absolute Gasteiger partial charge is 0.355 e. The number of pyridine rings is 1. The normalized spacial score (nSPS) is 10.7. The number of hydrogen-bond donors (Lipinski definition) is 2. The van der Waals surface area contributed by atoms with E-state index in [4.69, 9.17) is 11.6 Å². The predicted molar refractivity (Wildman–Crippen MR) is 108 cm³/mol. The minimum Gasteiger partial charge on any atom is -0.355 e. The van der Waals surface area contributed by atoms with Gasteiger partial charge >= 0.3 is 0 Å². The van der Waals surface area contributed by atoms with Gasteiger partial charge in [-0.15, -0.1) is 0 Å². The Morgan fingerprint density at radius 3 is 2.59 bits per heavy atom. The summed E-state index contributed by atoms with van der Waals surface area (Å²) in [6.45, 7) is 0.331. The first kappa shape index (κ1) is 17.1. The molecule has 0 atom stereocenters. The molecule has 4 rings (SSSR count). The van der Waals surface area contributed by atoms with Crippen LogP contribution in [0, 0.1) is 0 Å². The molecule has 1 amide bonds. The van der Waals surface area contributed by atoms with Gasteiger partial charge in [0, 0.05) is 18.1 Å². The van der Waals surface area contributed by atoms with Crippen LogP contribution in [0.15, 0.2) is 79.1 Å². The van der Waals surface area contributed by atoms with Crippen molar-refractivity contribution in [2.45, 2.75) is 6.54 Å². The number of imidazole rings is 1. The average Bonchev–Trinajstić information content (AvgIpc) is 3.09. The van der Waals surface area contributed by atoms with Crippen LogP contribution >= 0.6 is 11.6 Å². The third-order valence-electron chi connectivity index (χ3n) is 4.12. The topological polar surface area (TPSA) is 58.4 Å². The molecule has 0 aliphatic carbocycles. The van der Waals surface area contributed by atoms with E-state index in [0.29, 0.717) is 17.1 Å². The molecule has 2 N–H and O–H groups in total. The van der Waals surface area contributed by atoms with Crippen molar-refractivity contribution in [3.63, 3.8) is 0 Å². The number of anilines is 2. The highest BCUT2D eigenvalue weighted by Gasteiger charge is 2.12. The molecule has 2 aromatic heterocycles. The van der Waals surface area contributed by atoms with E-state index in [1.165, 1.54) is 0 Å². The summed E-state index contributed by atoms with van der Waals surface area (Å²) in [6, 6.07) is 20.8. The number of amides is 1. The molecule has 0 bridgehead atoms. The fraction of sp³-hybridized carbons (Fsp3) is 0.0476. The van der Waals surface area contributed by atoms with E-state index in [2.05, 4.69) is 15.6 Å². The van der Waals surface area contributed by atoms with Gasteiger partial charge in [0.25, 0.3) is 5.91 Å². The number of carbonyl (C=O) groups is 1. The number of rotatable bonds is 5. The molecular formula is C21H17ClN4O. The number of carbonyl (C=O) groups excluding carboxylic acids is 1. The molecule has 27 heavy (non-hydrogen) atoms. The van der Waals surface area contributed by atoms with Crippen LogP contribution in [0.3, 0.4) is 0 Å². The van der Waals surface area contributed by atoms with Crippen LogP contribution in [0.5, 0.6) is 0 Å². The second-order valence-corrected chi connectivity index (χ2v) is 6.50. The first-order chi connectivity index (χ1) is 13.2. The summed E-state index contributed by atoms with van der Waals surface area (Å²) in [5, 5.41) is 6.85. The number of aromatic nitrogens is 2. The SMILES string of the molecule is O=C(NCc1cn2cc(Cl)ccc2n1)c1ccccc1Nc1ccccc1. The van der Waals surface area contributed by atoms with Gasteiger partial charge in [-0.3, -0.25) is 4.79 Å². The number of hydrogen-bond acceptors (Lipinski definition) is 3. The van der Waals surface area contributed by atoms with Gasteiger partial charge in [0.15, 0.2) is 0 Å². The van der Waals surface area contributed by atoms with E-state index in [0.717, 1.165) is 22.7 Å². The number of para-hydroxylation sites is 2. The predicted octanol–water partition coefficient (Wildman–Crippen LogP) is 4.66. The van der Waals surface area contributed by atoms with E-state index in [9.17, 15) is 4.79 Å². The Kier molecular flexibility index (Phi) is 4.77. The lowest BCUT2D eigenvalue weighted by molar-refractivity contribution is 0.0951. The number of nitrogens with one attached hydrogen (secondary N) is 2. The number of fused-ring (bicyclic) bond motifs is 1. The molecule has 0 radical (unpaired) electrons. The lowest BCUT2D eigenvalue weighted by atomic mass is 10.1. The second kappa shape index (κ2) is 7.51. The standard InChI is InChI=1S/C21H17ClN4O/c22-15-10-11-20-25-17(14-26(20)13-15)12-23-21(27)18-8-4-5-9-19(18)24-16-6-2-1-3-7-16/h1-11,13-14,24H,12H2,(H,23,27). The molecule has 0 spiro atoms. The van der Waals surface area contributed by atoms with E-state index >= 15 is 0 Å². The van der Waals surface area contributed by atoms with Gasteiger partial charge in [-0.05, 0) is 36.4 Å². The van der Waals surface area contributed by atoms with E-state index in [-0.39, 0.29) is 5.91 Å². The van der Waals surface area contributed by atoms with Gasteiger partial charge in [0.1, 0.15) is 5.65 Å². The van der Waals surface area contributed by atoms with Gasteiger partial charge in [-0.25, -0.2) is 4.98 Å². The highest BCUT2D eigenvalue weighted by atomic mass is 35.5. The molecule has 0 unspecified atom stereocenters. The molecule has 2 heterocycles. The highest BCUT2D eigenvalue weighted by Crippen LogP contribution is 2.20. The van der Waals surface area contributed by atoms with Crippen molar-refractivity contribution in [3.8, 4) is 0 Å². The fourth-order valence-corrected chi connectivity index (χ4v) is 3.00. The van der Waals surface area contributed by atoms with Crippen molar-refractivity contribution in [1.82, 2.24) is 14.7 Å². The van der Waals surface area contributed by atoms with Crippen molar-refractivity contribution in [1.29, 1.82) is 0 Å². The van der Waals surface area contributed by atoms with Gasteiger partial charge in [0.05, 0.1) is 28.5 Å². The summed E-state index contributed by atoms with van der Waals surface area (Å²) >= 11 is 5.99. The average molecular weight is 377 g/mol. The quantitative estimate of drug-likeness (QED) is 0.532. The summed E-state index contributed by atoms with van der Waals surface area (Å²) < 4.78 is 1.84. The Labute approximate surface area is 161 Å². The summed E-state index contributed by atoms with van der Waals surface area (Å²) in [7, 11) is 0. The molecule has 4 aromatic rings. The Morgan fingerprint density at radius 1 is 0.963 bits per heavy atom. The van der Waals surface area contributed by atoms with Gasteiger partial charge in [-0.1, -0.05) is 41.9 Å². The first-order valence-electron chi connectivity index (χ1n) is 8.51. The summed E-state index contributed by atoms with van der Waals surface area (Å²) in [6.07, 6.45) is 3.64. The molecule has 0 saturated heterocycles. The van der Waals surface area contributed by atoms with E-state index in [1.807, 2.05) is 65.2 Å². The molecule has 5 nitrogen and oxygen atoms in total. The Hall–Kier alpha value is -3.31. The van der Waals surface area contributed by atoms with Crippen LogP contribution in [-0.4, -0.2) is 15.3 Å². The first-order valence-corrected chi connectivity index (χ1v) is 8.89. The van der Waals surface area contributed by atoms with Gasteiger partial charge in [0.2, 0.25) is 0 Å². The zero-order valence-corrected chi connectivity index (χ0v) is 15.1. The lowest BCUT2D eigenvalue weighted by Gasteiger charge is -2.12. The van der Waals surface area contributed by atoms with Crippen LogP contribution in [0.4, 0.5) is 11.4 Å². The van der Waals surface area contributed by atoms with E-state index in [1.54, 1.807) is 18.3 Å². The summed E-state index contributed by atoms with van der Waals surface area (Å²) in [4.78, 5) is 17.2. The summed E-state index contributed by atoms with van der Waals surface area (Å²) in [5.74, 6) is -0.163. The minimum absolute atomic E-state index is 0.163. The molecule has 6 heteroatoms. The molecule has 0 aliphatic rings. The molecule has 0 aliphatic heterocycles. The van der Waals surface area contributed by atoms with Crippen LogP contribution in [-0.2, 0) is 6.54 Å². The smallest absolute Gasteiger partial charge is 0.253 e. The zero-order valence-electron chi connectivity index (χ0n) is 14.4. The molecule has 134 valence electrons. The summed E-state index contributed by atoms with van der Waals surface area (Å²) in [5.41, 5.74) is 3.81. The van der Waals surface area contributed by atoms with Crippen LogP contribution in [0.2, 0.25) is 5.02 Å². The van der Waals surface area contributed by atoms with Crippen LogP contribution in [0.1, 0.15) is 16.1 Å². The third kappa shape index (κ3) is 3.93. The van der Waals surface area contributed by atoms with Gasteiger partial charge < -0.3 is 15.0 Å². The molecule has 0 saturated carbocycles. The zero-order chi connectivity index (χ0) is 18.6. The number of nitrogens with zero attached hydrogens (tertiary/aromatic N) is 2. The molecule has 0 fully saturated rings. The maximum absolute atomic E-state index is 12.7. The third-order valence-corrected chi connectivity index (χ3v) is 4.34. The minimum atomic E-state index is -0.163. The Morgan fingerprint density at radius 2 is 1.74 bits per heavy atom. The van der Waals surface area contributed by atoms with E-state index < -0.39 is 0 Å². The Balaban J connectivity index is 1.49. The van der Waals surface area contributed by atoms with Crippen molar-refractivity contribution < 1.29 is 4.79 Å². The maximum Gasteiger partial charge on any atom is 0.253 e. The Bertz CT molecular complexity index is 1090. The van der Waals surface area contributed by atoms with Crippen molar-refractivity contribution in [3.05, 3.63) is 95.4 Å². The second-order valence-electron chi connectivity index (χ2n) is 6.06. The monoisotopic (exact) mass is 376 g/mol. The van der Waals surface area contributed by atoms with Crippen molar-refractivity contribution >= 4 is 34.5 Å². The highest BCUT2D eigenvalue weighted by molar-refractivity contribution is 6.30.